The van der Waals surface area contributed by atoms with E-state index < -0.39 is 0 Å². The van der Waals surface area contributed by atoms with Crippen LogP contribution in [0.4, 0.5) is 4.39 Å². The molecule has 0 aliphatic heterocycles. The number of fused-ring (bicyclic) bond motifs is 1. The second kappa shape index (κ2) is 3.41. The van der Waals surface area contributed by atoms with Crippen LogP contribution in [0.15, 0.2) is 35.6 Å². The summed E-state index contributed by atoms with van der Waals surface area (Å²) in [5, 5.41) is 3.88. The highest BCUT2D eigenvalue weighted by atomic mass is 19.1. The van der Waals surface area contributed by atoms with Crippen molar-refractivity contribution in [2.24, 2.45) is 10.9 Å². The summed E-state index contributed by atoms with van der Waals surface area (Å²) >= 11 is 0. The van der Waals surface area contributed by atoms with E-state index in [-0.39, 0.29) is 5.82 Å². The first-order chi connectivity index (χ1) is 6.83. The van der Waals surface area contributed by atoms with Crippen LogP contribution in [-0.4, -0.2) is 11.2 Å². The molecule has 0 saturated carbocycles. The smallest absolute Gasteiger partial charge is 0.132 e. The van der Waals surface area contributed by atoms with Crippen molar-refractivity contribution in [1.29, 1.82) is 0 Å². The Morgan fingerprint density at radius 2 is 2.21 bits per heavy atom. The van der Waals surface area contributed by atoms with E-state index in [0.717, 1.165) is 0 Å². The van der Waals surface area contributed by atoms with Crippen molar-refractivity contribution in [1.82, 2.24) is 4.98 Å². The highest BCUT2D eigenvalue weighted by Gasteiger charge is 2.04. The first-order valence-electron chi connectivity index (χ1n) is 4.09. The molecule has 1 heterocycles. The SMILES string of the molecule is NN=Cc1ccc(F)c2cccnc12. The molecule has 0 aliphatic carbocycles. The maximum absolute atomic E-state index is 13.3. The molecule has 1 aromatic carbocycles. The highest BCUT2D eigenvalue weighted by molar-refractivity contribution is 5.97. The number of pyridine rings is 1. The monoisotopic (exact) mass is 189 g/mol. The molecule has 3 nitrogen and oxygen atoms in total. The number of hydrazone groups is 1. The highest BCUT2D eigenvalue weighted by Crippen LogP contribution is 2.17. The molecule has 2 N–H and O–H groups in total. The third-order valence-electron chi connectivity index (χ3n) is 1.96. The second-order valence-corrected chi connectivity index (χ2v) is 2.81. The summed E-state index contributed by atoms with van der Waals surface area (Å²) in [6, 6.07) is 6.34. The zero-order valence-corrected chi connectivity index (χ0v) is 7.31. The third kappa shape index (κ3) is 1.31. The van der Waals surface area contributed by atoms with Crippen LogP contribution in [0.2, 0.25) is 0 Å². The second-order valence-electron chi connectivity index (χ2n) is 2.81. The average molecular weight is 189 g/mol. The van der Waals surface area contributed by atoms with Crippen molar-refractivity contribution in [2.45, 2.75) is 0 Å². The van der Waals surface area contributed by atoms with Gasteiger partial charge in [0.25, 0.3) is 0 Å². The zero-order valence-electron chi connectivity index (χ0n) is 7.31. The maximum Gasteiger partial charge on any atom is 0.132 e. The number of hydrogen-bond acceptors (Lipinski definition) is 3. The number of rotatable bonds is 1. The lowest BCUT2D eigenvalue weighted by atomic mass is 10.1. The summed E-state index contributed by atoms with van der Waals surface area (Å²) in [5.41, 5.74) is 1.28. The largest absolute Gasteiger partial charge is 0.323 e. The molecular formula is C10H8FN3. The fourth-order valence-electron chi connectivity index (χ4n) is 1.34. The van der Waals surface area contributed by atoms with Crippen LogP contribution in [0, 0.1) is 5.82 Å². The lowest BCUT2D eigenvalue weighted by Gasteiger charge is -2.00. The molecule has 0 saturated heterocycles. The Labute approximate surface area is 80.1 Å². The molecule has 0 radical (unpaired) electrons. The van der Waals surface area contributed by atoms with Crippen molar-refractivity contribution >= 4 is 17.1 Å². The Balaban J connectivity index is 2.81. The van der Waals surface area contributed by atoms with E-state index in [9.17, 15) is 4.39 Å². The summed E-state index contributed by atoms with van der Waals surface area (Å²) in [7, 11) is 0. The molecule has 0 amide bonds. The Bertz CT molecular complexity index is 494. The number of aromatic nitrogens is 1. The summed E-state index contributed by atoms with van der Waals surface area (Å²) in [6.07, 6.45) is 3.06. The minimum absolute atomic E-state index is 0.290. The fourth-order valence-corrected chi connectivity index (χ4v) is 1.34. The molecule has 0 aliphatic rings. The van der Waals surface area contributed by atoms with Crippen LogP contribution < -0.4 is 5.84 Å². The van der Waals surface area contributed by atoms with E-state index in [1.807, 2.05) is 0 Å². The van der Waals surface area contributed by atoms with E-state index in [1.165, 1.54) is 12.3 Å². The van der Waals surface area contributed by atoms with Gasteiger partial charge in [-0.15, -0.1) is 0 Å². The predicted octanol–water partition coefficient (Wildman–Crippen LogP) is 1.67. The van der Waals surface area contributed by atoms with Crippen LogP contribution in [0.5, 0.6) is 0 Å². The minimum atomic E-state index is -0.290. The van der Waals surface area contributed by atoms with Gasteiger partial charge in [-0.3, -0.25) is 4.98 Å². The van der Waals surface area contributed by atoms with Crippen LogP contribution in [0.25, 0.3) is 10.9 Å². The maximum atomic E-state index is 13.3. The van der Waals surface area contributed by atoms with E-state index in [4.69, 9.17) is 5.84 Å². The predicted molar refractivity (Wildman–Crippen MR) is 53.5 cm³/mol. The fraction of sp³-hybridized carbons (Fsp3) is 0. The van der Waals surface area contributed by atoms with Crippen LogP contribution in [-0.2, 0) is 0 Å². The number of hydrogen-bond donors (Lipinski definition) is 1. The number of nitrogens with two attached hydrogens (primary N) is 1. The van der Waals surface area contributed by atoms with Crippen molar-refractivity contribution in [3.05, 3.63) is 41.8 Å². The number of halogens is 1. The topological polar surface area (TPSA) is 51.3 Å². The molecule has 14 heavy (non-hydrogen) atoms. The Morgan fingerprint density at radius 3 is 3.00 bits per heavy atom. The van der Waals surface area contributed by atoms with Crippen molar-refractivity contribution in [3.8, 4) is 0 Å². The van der Waals surface area contributed by atoms with Gasteiger partial charge in [-0.05, 0) is 24.3 Å². The van der Waals surface area contributed by atoms with Crippen molar-refractivity contribution in [2.75, 3.05) is 0 Å². The third-order valence-corrected chi connectivity index (χ3v) is 1.96. The van der Waals surface area contributed by atoms with Gasteiger partial charge in [0.15, 0.2) is 0 Å². The first kappa shape index (κ1) is 8.62. The van der Waals surface area contributed by atoms with E-state index in [0.29, 0.717) is 16.5 Å². The van der Waals surface area contributed by atoms with Gasteiger partial charge in [0.1, 0.15) is 5.82 Å². The summed E-state index contributed by atoms with van der Waals surface area (Å²) in [5.74, 6) is 4.75. The average Bonchev–Trinajstić information content (AvgIpc) is 2.23. The molecule has 70 valence electrons. The lowest BCUT2D eigenvalue weighted by Crippen LogP contribution is -1.92. The molecule has 0 spiro atoms. The summed E-state index contributed by atoms with van der Waals surface area (Å²) < 4.78 is 13.3. The van der Waals surface area contributed by atoms with Crippen molar-refractivity contribution in [3.63, 3.8) is 0 Å². The van der Waals surface area contributed by atoms with Crippen LogP contribution >= 0.6 is 0 Å². The van der Waals surface area contributed by atoms with Gasteiger partial charge in [0.2, 0.25) is 0 Å². The van der Waals surface area contributed by atoms with Gasteiger partial charge in [-0.1, -0.05) is 0 Å². The van der Waals surface area contributed by atoms with Crippen LogP contribution in [0.3, 0.4) is 0 Å². The molecule has 2 aromatic rings. The van der Waals surface area contributed by atoms with Gasteiger partial charge in [-0.25, -0.2) is 4.39 Å². The Hall–Kier alpha value is -1.97. The first-order valence-corrected chi connectivity index (χ1v) is 4.09. The molecular weight excluding hydrogens is 181 g/mol. The van der Waals surface area contributed by atoms with Crippen molar-refractivity contribution < 1.29 is 4.39 Å². The molecule has 0 bridgehead atoms. The van der Waals surface area contributed by atoms with Gasteiger partial charge >= 0.3 is 0 Å². The summed E-state index contributed by atoms with van der Waals surface area (Å²) in [4.78, 5) is 4.07. The lowest BCUT2D eigenvalue weighted by molar-refractivity contribution is 0.639. The Morgan fingerprint density at radius 1 is 1.36 bits per heavy atom. The van der Waals surface area contributed by atoms with Gasteiger partial charge in [-0.2, -0.15) is 5.10 Å². The zero-order chi connectivity index (χ0) is 9.97. The minimum Gasteiger partial charge on any atom is -0.323 e. The van der Waals surface area contributed by atoms with Gasteiger partial charge in [0.05, 0.1) is 11.7 Å². The molecule has 0 fully saturated rings. The van der Waals surface area contributed by atoms with E-state index >= 15 is 0 Å². The Kier molecular flexibility index (Phi) is 2.10. The quantitative estimate of drug-likeness (QED) is 0.421. The van der Waals surface area contributed by atoms with E-state index in [2.05, 4.69) is 10.1 Å². The number of nitrogens with zero attached hydrogens (tertiary/aromatic N) is 2. The molecule has 1 aromatic heterocycles. The van der Waals surface area contributed by atoms with Gasteiger partial charge in [0, 0.05) is 17.1 Å². The van der Waals surface area contributed by atoms with E-state index in [1.54, 1.807) is 24.4 Å². The molecule has 2 rings (SSSR count). The summed E-state index contributed by atoms with van der Waals surface area (Å²) in [6.45, 7) is 0. The van der Waals surface area contributed by atoms with Crippen LogP contribution in [0.1, 0.15) is 5.56 Å². The molecule has 0 unspecified atom stereocenters. The molecule has 0 atom stereocenters. The normalized spacial score (nSPS) is 11.2. The van der Waals surface area contributed by atoms with Gasteiger partial charge < -0.3 is 5.84 Å². The molecule has 4 heteroatoms. The standard InChI is InChI=1S/C10H8FN3/c11-9-4-3-7(6-14-12)10-8(9)2-1-5-13-10/h1-6H,12H2. The number of benzene rings is 1.